The molecule has 3 rings (SSSR count). The van der Waals surface area contributed by atoms with Crippen LogP contribution in [0.5, 0.6) is 0 Å². The molecule has 1 aliphatic rings. The minimum atomic E-state index is -4.36. The molecule has 0 unspecified atom stereocenters. The third-order valence-electron chi connectivity index (χ3n) is 4.02. The maximum atomic E-state index is 12.5. The Morgan fingerprint density at radius 1 is 1.08 bits per heavy atom. The van der Waals surface area contributed by atoms with Crippen LogP contribution >= 0.6 is 12.4 Å². The van der Waals surface area contributed by atoms with Crippen LogP contribution < -0.4 is 10.6 Å². The third-order valence-corrected chi connectivity index (χ3v) is 4.02. The molecule has 134 valence electrons. The number of fused-ring (bicyclic) bond motifs is 1. The van der Waals surface area contributed by atoms with Crippen molar-refractivity contribution < 1.29 is 18.0 Å². The Bertz CT molecular complexity index is 745. The molecule has 25 heavy (non-hydrogen) atoms. The zero-order valence-corrected chi connectivity index (χ0v) is 14.1. The van der Waals surface area contributed by atoms with E-state index in [1.54, 1.807) is 0 Å². The molecule has 0 saturated heterocycles. The minimum Gasteiger partial charge on any atom is -0.326 e. The largest absolute Gasteiger partial charge is 0.416 e. The van der Waals surface area contributed by atoms with E-state index in [9.17, 15) is 18.0 Å². The molecule has 0 saturated carbocycles. The van der Waals surface area contributed by atoms with Gasteiger partial charge in [-0.25, -0.2) is 0 Å². The normalized spacial score (nSPS) is 13.6. The molecular weight excluding hydrogens is 353 g/mol. The highest BCUT2D eigenvalue weighted by molar-refractivity contribution is 5.92. The number of nitrogens with one attached hydrogen (secondary N) is 2. The summed E-state index contributed by atoms with van der Waals surface area (Å²) in [6, 6.07) is 10.4. The first kappa shape index (κ1) is 19.3. The van der Waals surface area contributed by atoms with Crippen LogP contribution in [0.4, 0.5) is 18.9 Å². The molecule has 0 radical (unpaired) electrons. The van der Waals surface area contributed by atoms with E-state index in [1.165, 1.54) is 17.7 Å². The van der Waals surface area contributed by atoms with E-state index in [1.807, 2.05) is 18.2 Å². The fourth-order valence-corrected chi connectivity index (χ4v) is 2.76. The van der Waals surface area contributed by atoms with Crippen molar-refractivity contribution in [1.29, 1.82) is 0 Å². The fraction of sp³-hybridized carbons (Fsp3) is 0.278. The molecular formula is C18H18ClF3N2O. The Hall–Kier alpha value is -2.05. The number of rotatable bonds is 3. The second-order valence-corrected chi connectivity index (χ2v) is 5.83. The molecule has 0 aliphatic carbocycles. The molecule has 0 bridgehead atoms. The predicted octanol–water partition coefficient (Wildman–Crippen LogP) is 3.95. The van der Waals surface area contributed by atoms with Gasteiger partial charge < -0.3 is 10.6 Å². The zero-order valence-electron chi connectivity index (χ0n) is 13.3. The summed E-state index contributed by atoms with van der Waals surface area (Å²) in [7, 11) is 0. The van der Waals surface area contributed by atoms with Crippen molar-refractivity contribution >= 4 is 24.0 Å². The van der Waals surface area contributed by atoms with Gasteiger partial charge >= 0.3 is 6.18 Å². The molecule has 2 aromatic rings. The average Bonchev–Trinajstić information content (AvgIpc) is 2.54. The topological polar surface area (TPSA) is 41.1 Å². The number of hydrogen-bond donors (Lipinski definition) is 2. The molecule has 1 heterocycles. The molecule has 1 amide bonds. The van der Waals surface area contributed by atoms with Crippen molar-refractivity contribution in [2.45, 2.75) is 25.6 Å². The van der Waals surface area contributed by atoms with Crippen molar-refractivity contribution in [3.8, 4) is 0 Å². The average molecular weight is 371 g/mol. The van der Waals surface area contributed by atoms with E-state index < -0.39 is 11.7 Å². The first-order valence-corrected chi connectivity index (χ1v) is 7.70. The number of benzene rings is 2. The third kappa shape index (κ3) is 4.96. The summed E-state index contributed by atoms with van der Waals surface area (Å²) >= 11 is 0. The van der Waals surface area contributed by atoms with E-state index >= 15 is 0 Å². The SMILES string of the molecule is Cl.O=C(Cc1ccc(C(F)(F)F)cc1)Nc1ccc2c(c1)CNCC2. The Morgan fingerprint density at radius 3 is 2.48 bits per heavy atom. The van der Waals surface area contributed by atoms with Crippen LogP contribution in [0.15, 0.2) is 42.5 Å². The molecule has 0 fully saturated rings. The monoisotopic (exact) mass is 370 g/mol. The maximum Gasteiger partial charge on any atom is 0.416 e. The van der Waals surface area contributed by atoms with E-state index in [0.29, 0.717) is 11.3 Å². The standard InChI is InChI=1S/C18H17F3N2O.ClH/c19-18(20,21)15-4-1-12(2-5-15)9-17(24)23-16-6-3-13-7-8-22-11-14(13)10-16;/h1-6,10,22H,7-9,11H2,(H,23,24);1H. The molecule has 2 N–H and O–H groups in total. The summed E-state index contributed by atoms with van der Waals surface area (Å²) in [6.07, 6.45) is -3.36. The number of hydrogen-bond acceptors (Lipinski definition) is 2. The number of carbonyl (C=O) groups is 1. The van der Waals surface area contributed by atoms with Crippen LogP contribution in [0, 0.1) is 0 Å². The van der Waals surface area contributed by atoms with Crippen molar-refractivity contribution in [1.82, 2.24) is 5.32 Å². The van der Waals surface area contributed by atoms with Gasteiger partial charge in [0.2, 0.25) is 5.91 Å². The fourth-order valence-electron chi connectivity index (χ4n) is 2.76. The van der Waals surface area contributed by atoms with Crippen molar-refractivity contribution in [2.75, 3.05) is 11.9 Å². The second kappa shape index (κ2) is 7.89. The number of alkyl halides is 3. The molecule has 7 heteroatoms. The summed E-state index contributed by atoms with van der Waals surface area (Å²) < 4.78 is 37.6. The smallest absolute Gasteiger partial charge is 0.326 e. The summed E-state index contributed by atoms with van der Waals surface area (Å²) in [5.74, 6) is -0.251. The van der Waals surface area contributed by atoms with Crippen LogP contribution in [0.3, 0.4) is 0 Å². The van der Waals surface area contributed by atoms with E-state index in [-0.39, 0.29) is 24.7 Å². The lowest BCUT2D eigenvalue weighted by molar-refractivity contribution is -0.137. The second-order valence-electron chi connectivity index (χ2n) is 5.83. The van der Waals surface area contributed by atoms with Crippen LogP contribution in [0.25, 0.3) is 0 Å². The van der Waals surface area contributed by atoms with Gasteiger partial charge in [-0.2, -0.15) is 13.2 Å². The Morgan fingerprint density at radius 2 is 1.80 bits per heavy atom. The van der Waals surface area contributed by atoms with Crippen LogP contribution in [-0.2, 0) is 30.4 Å². The summed E-state index contributed by atoms with van der Waals surface area (Å²) in [5.41, 5.74) is 2.96. The van der Waals surface area contributed by atoms with Crippen LogP contribution in [-0.4, -0.2) is 12.5 Å². The quantitative estimate of drug-likeness (QED) is 0.858. The summed E-state index contributed by atoms with van der Waals surface area (Å²) in [6.45, 7) is 1.73. The van der Waals surface area contributed by atoms with Crippen molar-refractivity contribution in [3.63, 3.8) is 0 Å². The summed E-state index contributed by atoms with van der Waals surface area (Å²) in [5, 5.41) is 6.07. The van der Waals surface area contributed by atoms with E-state index in [2.05, 4.69) is 10.6 Å². The highest BCUT2D eigenvalue weighted by Gasteiger charge is 2.29. The minimum absolute atomic E-state index is 0. The number of carbonyl (C=O) groups excluding carboxylic acids is 1. The Kier molecular flexibility index (Phi) is 6.08. The van der Waals surface area contributed by atoms with Crippen LogP contribution in [0.1, 0.15) is 22.3 Å². The lowest BCUT2D eigenvalue weighted by Crippen LogP contribution is -2.24. The first-order valence-electron chi connectivity index (χ1n) is 7.70. The summed E-state index contributed by atoms with van der Waals surface area (Å²) in [4.78, 5) is 12.1. The lowest BCUT2D eigenvalue weighted by Gasteiger charge is -2.18. The van der Waals surface area contributed by atoms with E-state index in [4.69, 9.17) is 0 Å². The van der Waals surface area contributed by atoms with Gasteiger partial charge in [0.15, 0.2) is 0 Å². The van der Waals surface area contributed by atoms with Crippen molar-refractivity contribution in [3.05, 3.63) is 64.7 Å². The Labute approximate surface area is 150 Å². The first-order chi connectivity index (χ1) is 11.4. The van der Waals surface area contributed by atoms with Gasteiger partial charge in [0.25, 0.3) is 0 Å². The molecule has 2 aromatic carbocycles. The molecule has 3 nitrogen and oxygen atoms in total. The highest BCUT2D eigenvalue weighted by atomic mass is 35.5. The number of halogens is 4. The Balaban J connectivity index is 0.00000225. The number of amides is 1. The molecule has 1 aliphatic heterocycles. The molecule has 0 atom stereocenters. The zero-order chi connectivity index (χ0) is 17.2. The van der Waals surface area contributed by atoms with Gasteiger partial charge in [-0.1, -0.05) is 18.2 Å². The van der Waals surface area contributed by atoms with Crippen LogP contribution in [0.2, 0.25) is 0 Å². The maximum absolute atomic E-state index is 12.5. The van der Waals surface area contributed by atoms with Gasteiger partial charge in [0, 0.05) is 12.2 Å². The molecule has 0 spiro atoms. The van der Waals surface area contributed by atoms with Crippen molar-refractivity contribution in [2.24, 2.45) is 0 Å². The van der Waals surface area contributed by atoms with E-state index in [0.717, 1.165) is 37.2 Å². The molecule has 0 aromatic heterocycles. The van der Waals surface area contributed by atoms with Gasteiger partial charge in [-0.15, -0.1) is 12.4 Å². The van der Waals surface area contributed by atoms with Gasteiger partial charge in [0.05, 0.1) is 12.0 Å². The number of anilines is 1. The predicted molar refractivity (Wildman–Crippen MR) is 92.9 cm³/mol. The van der Waals surface area contributed by atoms with Gasteiger partial charge in [-0.05, 0) is 53.9 Å². The lowest BCUT2D eigenvalue weighted by atomic mass is 10.0. The highest BCUT2D eigenvalue weighted by Crippen LogP contribution is 2.29. The van der Waals surface area contributed by atoms with Gasteiger partial charge in [-0.3, -0.25) is 4.79 Å². The van der Waals surface area contributed by atoms with Gasteiger partial charge in [0.1, 0.15) is 0 Å².